The molecule has 1 aromatic heterocycles. The Morgan fingerprint density at radius 3 is 2.67 bits per heavy atom. The van der Waals surface area contributed by atoms with E-state index in [0.29, 0.717) is 12.2 Å². The summed E-state index contributed by atoms with van der Waals surface area (Å²) in [4.78, 5) is 18.6. The molecule has 2 aromatic rings. The molecule has 0 bridgehead atoms. The third kappa shape index (κ3) is 2.68. The number of aromatic amines is 1. The van der Waals surface area contributed by atoms with Gasteiger partial charge in [0.05, 0.1) is 13.4 Å². The molecule has 0 radical (unpaired) electrons. The van der Waals surface area contributed by atoms with Crippen molar-refractivity contribution >= 4 is 5.91 Å². The van der Waals surface area contributed by atoms with Gasteiger partial charge in [-0.05, 0) is 24.6 Å². The van der Waals surface area contributed by atoms with Crippen LogP contribution in [0.3, 0.4) is 0 Å². The van der Waals surface area contributed by atoms with E-state index in [4.69, 9.17) is 4.74 Å². The smallest absolute Gasteiger partial charge is 0.272 e. The molecule has 0 spiro atoms. The minimum absolute atomic E-state index is 0.176. The Morgan fingerprint density at radius 2 is 2.11 bits per heavy atom. The summed E-state index contributed by atoms with van der Waals surface area (Å²) < 4.78 is 5.07. The Labute approximate surface area is 105 Å². The summed E-state index contributed by atoms with van der Waals surface area (Å²) in [7, 11) is 1.62. The highest BCUT2D eigenvalue weighted by molar-refractivity contribution is 5.93. The van der Waals surface area contributed by atoms with Crippen molar-refractivity contribution in [3.05, 3.63) is 47.5 Å². The van der Waals surface area contributed by atoms with Gasteiger partial charge in [0.1, 0.15) is 11.4 Å². The number of hydrogen-bond donors (Lipinski definition) is 2. The fourth-order valence-corrected chi connectivity index (χ4v) is 1.60. The topological polar surface area (TPSA) is 67.0 Å². The summed E-state index contributed by atoms with van der Waals surface area (Å²) in [5.74, 6) is 0.623. The van der Waals surface area contributed by atoms with Crippen LogP contribution in [0, 0.1) is 6.92 Å². The summed E-state index contributed by atoms with van der Waals surface area (Å²) in [5.41, 5.74) is 2.21. The number of carbonyl (C=O) groups is 1. The van der Waals surface area contributed by atoms with E-state index in [2.05, 4.69) is 15.3 Å². The maximum atomic E-state index is 11.8. The number of aryl methyl sites for hydroxylation is 1. The van der Waals surface area contributed by atoms with Crippen LogP contribution in [0.1, 0.15) is 21.7 Å². The fourth-order valence-electron chi connectivity index (χ4n) is 1.60. The van der Waals surface area contributed by atoms with Gasteiger partial charge in [-0.1, -0.05) is 12.1 Å². The summed E-state index contributed by atoms with van der Waals surface area (Å²) in [5, 5.41) is 2.82. The van der Waals surface area contributed by atoms with Gasteiger partial charge in [0.2, 0.25) is 0 Å². The van der Waals surface area contributed by atoms with E-state index in [1.165, 1.54) is 6.33 Å². The first-order chi connectivity index (χ1) is 8.70. The van der Waals surface area contributed by atoms with Crippen molar-refractivity contribution < 1.29 is 9.53 Å². The molecule has 94 valence electrons. The highest BCUT2D eigenvalue weighted by Crippen LogP contribution is 2.11. The molecular weight excluding hydrogens is 230 g/mol. The molecule has 0 aliphatic heterocycles. The average molecular weight is 245 g/mol. The van der Waals surface area contributed by atoms with Gasteiger partial charge in [-0.25, -0.2) is 4.98 Å². The first-order valence-corrected chi connectivity index (χ1v) is 5.62. The maximum absolute atomic E-state index is 11.8. The number of carbonyl (C=O) groups excluding carboxylic acids is 1. The van der Waals surface area contributed by atoms with Gasteiger partial charge in [-0.2, -0.15) is 0 Å². The van der Waals surface area contributed by atoms with Crippen molar-refractivity contribution in [3.63, 3.8) is 0 Å². The Morgan fingerprint density at radius 1 is 1.39 bits per heavy atom. The van der Waals surface area contributed by atoms with E-state index in [9.17, 15) is 4.79 Å². The number of imidazole rings is 1. The molecule has 5 nitrogen and oxygen atoms in total. The van der Waals surface area contributed by atoms with Crippen LogP contribution in [0.15, 0.2) is 30.6 Å². The molecule has 0 fully saturated rings. The van der Waals surface area contributed by atoms with Gasteiger partial charge in [0.25, 0.3) is 5.91 Å². The molecule has 0 saturated carbocycles. The summed E-state index contributed by atoms with van der Waals surface area (Å²) in [6, 6.07) is 7.55. The molecule has 0 saturated heterocycles. The average Bonchev–Trinajstić information content (AvgIpc) is 2.83. The van der Waals surface area contributed by atoms with Crippen LogP contribution in [0.2, 0.25) is 0 Å². The predicted molar refractivity (Wildman–Crippen MR) is 67.5 cm³/mol. The van der Waals surface area contributed by atoms with E-state index < -0.39 is 0 Å². The summed E-state index contributed by atoms with van der Waals surface area (Å²) >= 11 is 0. The number of benzene rings is 1. The Hall–Kier alpha value is -2.30. The van der Waals surface area contributed by atoms with Crippen LogP contribution in [0.4, 0.5) is 0 Å². The van der Waals surface area contributed by atoms with Crippen molar-refractivity contribution in [2.75, 3.05) is 7.11 Å². The molecule has 1 amide bonds. The van der Waals surface area contributed by atoms with Crippen LogP contribution in [0.25, 0.3) is 0 Å². The molecule has 18 heavy (non-hydrogen) atoms. The van der Waals surface area contributed by atoms with Gasteiger partial charge in [-0.3, -0.25) is 4.79 Å². The normalized spacial score (nSPS) is 10.1. The number of methoxy groups -OCH3 is 1. The van der Waals surface area contributed by atoms with E-state index in [1.54, 1.807) is 7.11 Å². The Kier molecular flexibility index (Phi) is 3.62. The number of hydrogen-bond acceptors (Lipinski definition) is 3. The lowest BCUT2D eigenvalue weighted by Crippen LogP contribution is -2.23. The Balaban J connectivity index is 1.95. The van der Waals surface area contributed by atoms with Crippen molar-refractivity contribution in [2.45, 2.75) is 13.5 Å². The molecule has 1 heterocycles. The van der Waals surface area contributed by atoms with Gasteiger partial charge in [-0.15, -0.1) is 0 Å². The molecule has 0 aliphatic carbocycles. The SMILES string of the molecule is COc1ccc(CNC(=O)c2nc[nH]c2C)cc1. The number of H-pyrrole nitrogens is 1. The zero-order valence-electron chi connectivity index (χ0n) is 10.4. The lowest BCUT2D eigenvalue weighted by atomic mass is 10.2. The maximum Gasteiger partial charge on any atom is 0.272 e. The van der Waals surface area contributed by atoms with E-state index in [0.717, 1.165) is 17.0 Å². The molecule has 5 heteroatoms. The number of amides is 1. The second-order valence-corrected chi connectivity index (χ2v) is 3.91. The van der Waals surface area contributed by atoms with E-state index in [1.807, 2.05) is 31.2 Å². The van der Waals surface area contributed by atoms with Crippen LogP contribution >= 0.6 is 0 Å². The van der Waals surface area contributed by atoms with Crippen molar-refractivity contribution in [1.29, 1.82) is 0 Å². The number of nitrogens with zero attached hydrogens (tertiary/aromatic N) is 1. The highest BCUT2D eigenvalue weighted by Gasteiger charge is 2.10. The fraction of sp³-hybridized carbons (Fsp3) is 0.231. The molecule has 2 rings (SSSR count). The van der Waals surface area contributed by atoms with Crippen molar-refractivity contribution in [3.8, 4) is 5.75 Å². The first-order valence-electron chi connectivity index (χ1n) is 5.62. The van der Waals surface area contributed by atoms with Crippen molar-refractivity contribution in [1.82, 2.24) is 15.3 Å². The number of ether oxygens (including phenoxy) is 1. The largest absolute Gasteiger partial charge is 0.497 e. The lowest BCUT2D eigenvalue weighted by Gasteiger charge is -2.05. The van der Waals surface area contributed by atoms with Crippen LogP contribution in [-0.4, -0.2) is 23.0 Å². The third-order valence-electron chi connectivity index (χ3n) is 2.66. The van der Waals surface area contributed by atoms with Crippen LogP contribution in [0.5, 0.6) is 5.75 Å². The minimum atomic E-state index is -0.176. The van der Waals surface area contributed by atoms with Crippen LogP contribution < -0.4 is 10.1 Å². The lowest BCUT2D eigenvalue weighted by molar-refractivity contribution is 0.0946. The van der Waals surface area contributed by atoms with Gasteiger partial charge >= 0.3 is 0 Å². The van der Waals surface area contributed by atoms with Gasteiger partial charge in [0, 0.05) is 12.2 Å². The van der Waals surface area contributed by atoms with Gasteiger partial charge < -0.3 is 15.0 Å². The highest BCUT2D eigenvalue weighted by atomic mass is 16.5. The molecule has 0 atom stereocenters. The molecular formula is C13H15N3O2. The molecule has 2 N–H and O–H groups in total. The first kappa shape index (κ1) is 12.2. The molecule has 0 unspecified atom stereocenters. The van der Waals surface area contributed by atoms with Crippen LogP contribution in [-0.2, 0) is 6.54 Å². The minimum Gasteiger partial charge on any atom is -0.497 e. The zero-order valence-corrected chi connectivity index (χ0v) is 10.4. The van der Waals surface area contributed by atoms with E-state index >= 15 is 0 Å². The van der Waals surface area contributed by atoms with Crippen molar-refractivity contribution in [2.24, 2.45) is 0 Å². The molecule has 1 aromatic carbocycles. The second kappa shape index (κ2) is 5.35. The summed E-state index contributed by atoms with van der Waals surface area (Å²) in [6.07, 6.45) is 1.51. The monoisotopic (exact) mass is 245 g/mol. The molecule has 0 aliphatic rings. The quantitative estimate of drug-likeness (QED) is 0.860. The number of rotatable bonds is 4. The Bertz CT molecular complexity index is 531. The standard InChI is InChI=1S/C13H15N3O2/c1-9-12(16-8-15-9)13(17)14-7-10-3-5-11(18-2)6-4-10/h3-6,8H,7H2,1-2H3,(H,14,17)(H,15,16). The number of aromatic nitrogens is 2. The zero-order chi connectivity index (χ0) is 13.0. The summed E-state index contributed by atoms with van der Waals surface area (Å²) in [6.45, 7) is 2.28. The second-order valence-electron chi connectivity index (χ2n) is 3.91. The van der Waals surface area contributed by atoms with Gasteiger partial charge in [0.15, 0.2) is 0 Å². The third-order valence-corrected chi connectivity index (χ3v) is 2.66. The predicted octanol–water partition coefficient (Wildman–Crippen LogP) is 1.66. The number of nitrogens with one attached hydrogen (secondary N) is 2. The van der Waals surface area contributed by atoms with E-state index in [-0.39, 0.29) is 5.91 Å².